The van der Waals surface area contributed by atoms with Crippen LogP contribution >= 0.6 is 0 Å². The Morgan fingerprint density at radius 2 is 0.940 bits per heavy atom. The maximum atomic E-state index is 15.7. The number of guanidine groups is 4. The van der Waals surface area contributed by atoms with Crippen molar-refractivity contribution < 1.29 is 44.7 Å². The highest BCUT2D eigenvalue weighted by molar-refractivity contribution is 7.91. The van der Waals surface area contributed by atoms with Crippen molar-refractivity contribution in [2.45, 2.75) is 16.7 Å². The van der Waals surface area contributed by atoms with E-state index in [1.807, 2.05) is 0 Å². The summed E-state index contributed by atoms with van der Waals surface area (Å²) in [6.45, 7) is 2.89. The molecule has 2 aliphatic rings. The van der Waals surface area contributed by atoms with E-state index in [0.29, 0.717) is 12.1 Å². The molecule has 0 spiro atoms. The van der Waals surface area contributed by atoms with Crippen molar-refractivity contribution in [3.8, 4) is 11.4 Å². The highest BCUT2D eigenvalue weighted by Gasteiger charge is 2.28. The second-order valence-corrected chi connectivity index (χ2v) is 20.8. The smallest absolute Gasteiger partial charge is 0.341 e. The Morgan fingerprint density at radius 3 is 1.34 bits per heavy atom. The first kappa shape index (κ1) is 56.0. The zero-order valence-corrected chi connectivity index (χ0v) is 44.2. The quantitative estimate of drug-likeness (QED) is 0.0727. The molecule has 9 N–H and O–H groups in total. The number of aryl methyl sites for hydroxylation is 1. The Hall–Kier alpha value is -10.3. The minimum absolute atomic E-state index is 0.00524. The van der Waals surface area contributed by atoms with Gasteiger partial charge in [0, 0.05) is 82.4 Å². The van der Waals surface area contributed by atoms with Gasteiger partial charge in [-0.3, -0.25) is 18.7 Å². The van der Waals surface area contributed by atoms with Crippen molar-refractivity contribution >= 4 is 84.7 Å². The molecular weight excluding hydrogens is 1110 g/mol. The lowest BCUT2D eigenvalue weighted by Crippen LogP contribution is -2.52. The topological polar surface area (TPSA) is 308 Å². The molecule has 426 valence electrons. The van der Waals surface area contributed by atoms with E-state index in [0.717, 1.165) is 41.1 Å². The van der Waals surface area contributed by atoms with Crippen molar-refractivity contribution in [3.05, 3.63) is 176 Å². The summed E-state index contributed by atoms with van der Waals surface area (Å²) in [6.07, 6.45) is 2.20. The van der Waals surface area contributed by atoms with Crippen LogP contribution in [0.15, 0.2) is 149 Å². The molecule has 4 aromatic carbocycles. The van der Waals surface area contributed by atoms with Crippen LogP contribution in [0.25, 0.3) is 33.4 Å². The maximum Gasteiger partial charge on any atom is 0.341 e. The van der Waals surface area contributed by atoms with Gasteiger partial charge in [0.25, 0.3) is 0 Å². The molecular formula is C54H46F6N16O6S. The molecule has 0 radical (unpaired) electrons. The summed E-state index contributed by atoms with van der Waals surface area (Å²) >= 11 is 0. The molecule has 4 aromatic heterocycles. The monoisotopic (exact) mass is 1160 g/mol. The number of aromatic carboxylic acids is 1. The van der Waals surface area contributed by atoms with Gasteiger partial charge in [0.15, 0.2) is 51.9 Å². The van der Waals surface area contributed by atoms with E-state index < -0.39 is 72.5 Å². The number of aromatic nitrogens is 4. The molecule has 2 saturated heterocycles. The minimum atomic E-state index is -4.06. The highest BCUT2D eigenvalue weighted by Crippen LogP contribution is 2.30. The molecule has 0 amide bonds. The van der Waals surface area contributed by atoms with E-state index in [1.54, 1.807) is 14.7 Å². The molecule has 0 atom stereocenters. The van der Waals surface area contributed by atoms with Crippen LogP contribution in [-0.2, 0) is 9.84 Å². The number of nitrogens with zero attached hydrogens (tertiary/aromatic N) is 12. The molecule has 6 heterocycles. The number of halogens is 6. The summed E-state index contributed by atoms with van der Waals surface area (Å²) in [5.74, 6) is -8.00. The first-order valence-corrected chi connectivity index (χ1v) is 26.5. The fraction of sp³-hybridized carbons (Fsp3) is 0.167. The van der Waals surface area contributed by atoms with Crippen LogP contribution in [0, 0.1) is 41.8 Å². The highest BCUT2D eigenvalue weighted by atomic mass is 32.2. The van der Waals surface area contributed by atoms with E-state index in [2.05, 4.69) is 29.9 Å². The van der Waals surface area contributed by atoms with Crippen LogP contribution in [0.2, 0.25) is 0 Å². The van der Waals surface area contributed by atoms with Crippen LogP contribution in [0.1, 0.15) is 15.9 Å². The number of carbonyl (C=O) groups is 1. The SMILES string of the molecule is Cc1cn(-c2ccc(F)cc2F)c2nc(N3CCN(/C(N)=N/C(N)=Nc4ccc(S(=O)(=O)c5ccc(N=C(N)/N=C(\N)N6CCN(c7nc8c(cc7F)c(=O)c(C(=O)O)cn8-c7ccc(F)cc7F)CC6)cc5)cc4)CC3)c(F)cc2c1=O. The first-order valence-electron chi connectivity index (χ1n) is 25.0. The van der Waals surface area contributed by atoms with E-state index in [-0.39, 0.29) is 143 Å². The average Bonchev–Trinajstić information content (AvgIpc) is 3.55. The van der Waals surface area contributed by atoms with Crippen molar-refractivity contribution in [2.24, 2.45) is 42.9 Å². The number of hydrogen-bond donors (Lipinski definition) is 5. The molecule has 10 rings (SSSR count). The van der Waals surface area contributed by atoms with E-state index in [1.165, 1.54) is 77.2 Å². The Balaban J connectivity index is 0.751. The fourth-order valence-corrected chi connectivity index (χ4v) is 10.7. The van der Waals surface area contributed by atoms with Gasteiger partial charge in [0.2, 0.25) is 27.2 Å². The number of benzene rings is 4. The van der Waals surface area contributed by atoms with Gasteiger partial charge in [-0.15, -0.1) is 0 Å². The Bertz CT molecular complexity index is 4320. The van der Waals surface area contributed by atoms with Gasteiger partial charge >= 0.3 is 5.97 Å². The van der Waals surface area contributed by atoms with Crippen LogP contribution in [0.4, 0.5) is 49.4 Å². The second-order valence-electron chi connectivity index (χ2n) is 18.9. The van der Waals surface area contributed by atoms with Crippen LogP contribution in [-0.4, -0.2) is 125 Å². The molecule has 29 heteroatoms. The number of carboxylic acid groups (broad SMARTS) is 1. The van der Waals surface area contributed by atoms with Gasteiger partial charge in [-0.25, -0.2) is 59.5 Å². The molecule has 83 heavy (non-hydrogen) atoms. The lowest BCUT2D eigenvalue weighted by Gasteiger charge is -2.36. The lowest BCUT2D eigenvalue weighted by molar-refractivity contribution is 0.0695. The van der Waals surface area contributed by atoms with E-state index >= 15 is 8.78 Å². The van der Waals surface area contributed by atoms with Crippen molar-refractivity contribution in [1.29, 1.82) is 0 Å². The summed E-state index contributed by atoms with van der Waals surface area (Å²) in [6, 6.07) is 18.3. The molecule has 0 bridgehead atoms. The number of carboxylic acids is 1. The Kier molecular flexibility index (Phi) is 15.0. The summed E-state index contributed by atoms with van der Waals surface area (Å²) in [4.78, 5) is 69.9. The molecule has 2 aliphatic heterocycles. The van der Waals surface area contributed by atoms with Crippen LogP contribution < -0.4 is 43.6 Å². The van der Waals surface area contributed by atoms with Crippen LogP contribution in [0.3, 0.4) is 0 Å². The predicted molar refractivity (Wildman–Crippen MR) is 298 cm³/mol. The maximum absolute atomic E-state index is 15.7. The van der Waals surface area contributed by atoms with Crippen molar-refractivity contribution in [3.63, 3.8) is 0 Å². The summed E-state index contributed by atoms with van der Waals surface area (Å²) in [5.41, 5.74) is 22.4. The van der Waals surface area contributed by atoms with E-state index in [4.69, 9.17) is 22.9 Å². The third-order valence-corrected chi connectivity index (χ3v) is 15.4. The van der Waals surface area contributed by atoms with Crippen molar-refractivity contribution in [2.75, 3.05) is 62.2 Å². The number of anilines is 2. The second kappa shape index (κ2) is 22.3. The number of piperazine rings is 2. The van der Waals surface area contributed by atoms with Gasteiger partial charge in [-0.05, 0) is 91.9 Å². The Morgan fingerprint density at radius 1 is 0.542 bits per heavy atom. The molecule has 8 aromatic rings. The summed E-state index contributed by atoms with van der Waals surface area (Å²) in [7, 11) is -4.06. The normalized spacial score (nSPS) is 15.0. The molecule has 22 nitrogen and oxygen atoms in total. The first-order chi connectivity index (χ1) is 39.5. The van der Waals surface area contributed by atoms with Gasteiger partial charge in [-0.2, -0.15) is 9.98 Å². The molecule has 0 unspecified atom stereocenters. The zero-order valence-electron chi connectivity index (χ0n) is 43.4. The predicted octanol–water partition coefficient (Wildman–Crippen LogP) is 4.93. The van der Waals surface area contributed by atoms with Gasteiger partial charge in [0.05, 0.1) is 43.3 Å². The largest absolute Gasteiger partial charge is 0.477 e. The standard InChI is InChI=1S/C54H46F6N16O6S/c1-28-26-75(42-12-2-29(55)22-38(42)57)46-35(44(28)77)24-40(59)48(67-46)71-14-18-73(19-15-71)53(63)69-51(61)65-31-4-8-33(9-5-31)83(81,82)34-10-6-32(7-11-34)66-52(62)70-54(64)74-20-16-72(17-21-74)49-41(60)25-36-45(78)37(50(79)80)27-76(47(36)68-49)43-13-3-30(56)23-39(43)58/h2-13,22-27H,14-21H2,1H3,(H,79,80)(H4,61,63,65,69)(H4,62,64,66,70). The summed E-state index contributed by atoms with van der Waals surface area (Å²) in [5, 5.41) is 9.12. The van der Waals surface area contributed by atoms with Crippen LogP contribution in [0.5, 0.6) is 0 Å². The van der Waals surface area contributed by atoms with Gasteiger partial charge < -0.3 is 47.6 Å². The number of hydrogen-bond acceptors (Lipinski definition) is 11. The minimum Gasteiger partial charge on any atom is -0.477 e. The number of rotatable bonds is 9. The number of pyridine rings is 4. The third-order valence-electron chi connectivity index (χ3n) is 13.6. The number of sulfone groups is 1. The van der Waals surface area contributed by atoms with Gasteiger partial charge in [-0.1, -0.05) is 0 Å². The molecule has 2 fully saturated rings. The molecule has 0 saturated carbocycles. The fourth-order valence-electron chi connectivity index (χ4n) is 9.40. The molecule has 0 aliphatic carbocycles. The Labute approximate surface area is 465 Å². The van der Waals surface area contributed by atoms with Gasteiger partial charge in [0.1, 0.15) is 28.8 Å². The number of nitrogens with two attached hydrogens (primary N) is 4. The average molecular weight is 1160 g/mol. The third kappa shape index (κ3) is 11.3. The van der Waals surface area contributed by atoms with Crippen molar-refractivity contribution in [1.82, 2.24) is 28.9 Å². The number of aliphatic imine (C=N–C) groups is 4. The van der Waals surface area contributed by atoms with E-state index in [9.17, 15) is 45.5 Å². The summed E-state index contributed by atoms with van der Waals surface area (Å²) < 4.78 is 118. The number of fused-ring (bicyclic) bond motifs is 2. The zero-order chi connectivity index (χ0) is 59.2. The lowest BCUT2D eigenvalue weighted by atomic mass is 10.1.